The van der Waals surface area contributed by atoms with Gasteiger partial charge >= 0.3 is 0 Å². The molecule has 2 aromatic carbocycles. The van der Waals surface area contributed by atoms with E-state index in [0.717, 1.165) is 10.9 Å². The summed E-state index contributed by atoms with van der Waals surface area (Å²) in [5, 5.41) is 0.973. The Kier molecular flexibility index (Phi) is 3.31. The number of para-hydroxylation sites is 1. The van der Waals surface area contributed by atoms with Gasteiger partial charge in [0.15, 0.2) is 0 Å². The maximum Gasteiger partial charge on any atom is 0.146 e. The Labute approximate surface area is 115 Å². The third-order valence-electron chi connectivity index (χ3n) is 2.97. The first-order chi connectivity index (χ1) is 9.74. The summed E-state index contributed by atoms with van der Waals surface area (Å²) in [6, 6.07) is 14.0. The predicted octanol–water partition coefficient (Wildman–Crippen LogP) is 3.62. The molecule has 3 rings (SSSR count). The number of hydrogen-bond acceptors (Lipinski definition) is 3. The maximum absolute atomic E-state index is 13.4. The van der Waals surface area contributed by atoms with Crippen molar-refractivity contribution in [3.63, 3.8) is 0 Å². The second-order valence-electron chi connectivity index (χ2n) is 4.47. The first kappa shape index (κ1) is 12.6. The van der Waals surface area contributed by atoms with Crippen LogP contribution in [0.2, 0.25) is 0 Å². The molecule has 20 heavy (non-hydrogen) atoms. The summed E-state index contributed by atoms with van der Waals surface area (Å²) in [5.41, 5.74) is 7.10. The maximum atomic E-state index is 13.4. The Balaban J connectivity index is 1.94. The van der Waals surface area contributed by atoms with Crippen molar-refractivity contribution in [3.05, 3.63) is 66.1 Å². The molecule has 3 nitrogen and oxygen atoms in total. The number of fused-ring (bicyclic) bond motifs is 1. The first-order valence-electron chi connectivity index (χ1n) is 6.27. The summed E-state index contributed by atoms with van der Waals surface area (Å²) < 4.78 is 19.1. The molecule has 0 aliphatic carbocycles. The molecule has 2 N–H and O–H groups in total. The molecule has 100 valence electrons. The van der Waals surface area contributed by atoms with Crippen LogP contribution in [0, 0.1) is 5.82 Å². The predicted molar refractivity (Wildman–Crippen MR) is 76.1 cm³/mol. The molecule has 0 unspecified atom stereocenters. The quantitative estimate of drug-likeness (QED) is 0.789. The first-order valence-corrected chi connectivity index (χ1v) is 6.27. The van der Waals surface area contributed by atoms with Crippen molar-refractivity contribution in [2.75, 3.05) is 0 Å². The van der Waals surface area contributed by atoms with E-state index < -0.39 is 0 Å². The molecule has 0 aliphatic rings. The Morgan fingerprint density at radius 2 is 1.90 bits per heavy atom. The molecule has 0 atom stereocenters. The van der Waals surface area contributed by atoms with Gasteiger partial charge in [0.05, 0.1) is 11.7 Å². The monoisotopic (exact) mass is 268 g/mol. The second-order valence-corrected chi connectivity index (χ2v) is 4.47. The zero-order valence-electron chi connectivity index (χ0n) is 10.7. The number of hydrogen-bond donors (Lipinski definition) is 1. The average Bonchev–Trinajstić information content (AvgIpc) is 2.46. The van der Waals surface area contributed by atoms with Crippen LogP contribution in [0.4, 0.5) is 4.39 Å². The normalized spacial score (nSPS) is 10.7. The van der Waals surface area contributed by atoms with Gasteiger partial charge in [-0.15, -0.1) is 0 Å². The van der Waals surface area contributed by atoms with Crippen LogP contribution < -0.4 is 10.5 Å². The fourth-order valence-electron chi connectivity index (χ4n) is 2.04. The van der Waals surface area contributed by atoms with Gasteiger partial charge in [-0.25, -0.2) is 4.39 Å². The van der Waals surface area contributed by atoms with Crippen molar-refractivity contribution in [1.29, 1.82) is 0 Å². The van der Waals surface area contributed by atoms with E-state index in [1.54, 1.807) is 12.3 Å². The van der Waals surface area contributed by atoms with Crippen LogP contribution in [0.1, 0.15) is 5.56 Å². The van der Waals surface area contributed by atoms with Crippen LogP contribution in [-0.4, -0.2) is 4.98 Å². The van der Waals surface area contributed by atoms with E-state index in [4.69, 9.17) is 10.5 Å². The third kappa shape index (κ3) is 2.60. The molecule has 4 heteroatoms. The molecule has 0 aliphatic heterocycles. The van der Waals surface area contributed by atoms with Gasteiger partial charge in [0, 0.05) is 18.0 Å². The summed E-state index contributed by atoms with van der Waals surface area (Å²) in [5.74, 6) is 0.622. The smallest absolute Gasteiger partial charge is 0.146 e. The third-order valence-corrected chi connectivity index (χ3v) is 2.97. The van der Waals surface area contributed by atoms with Crippen molar-refractivity contribution in [2.24, 2.45) is 5.73 Å². The second kappa shape index (κ2) is 5.27. The van der Waals surface area contributed by atoms with E-state index in [1.165, 1.54) is 12.1 Å². The Bertz CT molecular complexity index is 758. The lowest BCUT2D eigenvalue weighted by atomic mass is 10.2. The standard InChI is InChI=1S/C16H13FN2O/c17-13-5-11(9-18)6-14(8-13)20-15-7-12-3-1-2-4-16(12)19-10-15/h1-8,10H,9,18H2. The van der Waals surface area contributed by atoms with Gasteiger partial charge in [0.2, 0.25) is 0 Å². The van der Waals surface area contributed by atoms with Crippen molar-refractivity contribution >= 4 is 10.9 Å². The van der Waals surface area contributed by atoms with Crippen molar-refractivity contribution in [2.45, 2.75) is 6.54 Å². The molecule has 3 aromatic rings. The molecule has 1 heterocycles. The van der Waals surface area contributed by atoms with Crippen LogP contribution in [0.15, 0.2) is 54.7 Å². The van der Waals surface area contributed by atoms with Crippen LogP contribution in [-0.2, 0) is 6.54 Å². The lowest BCUT2D eigenvalue weighted by molar-refractivity contribution is 0.474. The van der Waals surface area contributed by atoms with E-state index in [1.807, 2.05) is 30.3 Å². The van der Waals surface area contributed by atoms with E-state index in [9.17, 15) is 4.39 Å². The minimum Gasteiger partial charge on any atom is -0.456 e. The molecule has 1 aromatic heterocycles. The van der Waals surface area contributed by atoms with Crippen molar-refractivity contribution in [1.82, 2.24) is 4.98 Å². The Morgan fingerprint density at radius 1 is 1.05 bits per heavy atom. The zero-order chi connectivity index (χ0) is 13.9. The van der Waals surface area contributed by atoms with Crippen molar-refractivity contribution in [3.8, 4) is 11.5 Å². The fraction of sp³-hybridized carbons (Fsp3) is 0.0625. The highest BCUT2D eigenvalue weighted by Crippen LogP contribution is 2.25. The van der Waals surface area contributed by atoms with Crippen LogP contribution in [0.3, 0.4) is 0 Å². The minimum atomic E-state index is -0.364. The van der Waals surface area contributed by atoms with Crippen molar-refractivity contribution < 1.29 is 9.13 Å². The lowest BCUT2D eigenvalue weighted by Gasteiger charge is -2.08. The number of aromatic nitrogens is 1. The molecule has 0 spiro atoms. The van der Waals surface area contributed by atoms with Crippen LogP contribution in [0.25, 0.3) is 10.9 Å². The number of halogens is 1. The SMILES string of the molecule is NCc1cc(F)cc(Oc2cnc3ccccc3c2)c1. The largest absolute Gasteiger partial charge is 0.456 e. The number of pyridine rings is 1. The van der Waals surface area contributed by atoms with Crippen LogP contribution in [0.5, 0.6) is 11.5 Å². The summed E-state index contributed by atoms with van der Waals surface area (Å²) in [6.07, 6.45) is 1.62. The minimum absolute atomic E-state index is 0.268. The summed E-state index contributed by atoms with van der Waals surface area (Å²) in [4.78, 5) is 4.30. The molecule has 0 radical (unpaired) electrons. The Morgan fingerprint density at radius 3 is 2.75 bits per heavy atom. The van der Waals surface area contributed by atoms with Crippen LogP contribution >= 0.6 is 0 Å². The number of benzene rings is 2. The average molecular weight is 268 g/mol. The highest BCUT2D eigenvalue weighted by atomic mass is 19.1. The summed E-state index contributed by atoms with van der Waals surface area (Å²) in [7, 11) is 0. The highest BCUT2D eigenvalue weighted by molar-refractivity contribution is 5.79. The summed E-state index contributed by atoms with van der Waals surface area (Å²) in [6.45, 7) is 0.268. The topological polar surface area (TPSA) is 48.1 Å². The molecule has 0 saturated carbocycles. The van der Waals surface area contributed by atoms with Gasteiger partial charge in [-0.05, 0) is 29.8 Å². The summed E-state index contributed by atoms with van der Waals surface area (Å²) >= 11 is 0. The molecule has 0 bridgehead atoms. The molecule has 0 fully saturated rings. The molecular formula is C16H13FN2O. The van der Waals surface area contributed by atoms with E-state index in [0.29, 0.717) is 17.1 Å². The van der Waals surface area contributed by atoms with Gasteiger partial charge in [0.25, 0.3) is 0 Å². The number of nitrogens with two attached hydrogens (primary N) is 1. The Hall–Kier alpha value is -2.46. The lowest BCUT2D eigenvalue weighted by Crippen LogP contribution is -1.97. The number of rotatable bonds is 3. The van der Waals surface area contributed by atoms with Gasteiger partial charge in [-0.3, -0.25) is 4.98 Å². The van der Waals surface area contributed by atoms with Gasteiger partial charge in [0.1, 0.15) is 17.3 Å². The highest BCUT2D eigenvalue weighted by Gasteiger charge is 2.04. The number of nitrogens with zero attached hydrogens (tertiary/aromatic N) is 1. The molecular weight excluding hydrogens is 255 g/mol. The van der Waals surface area contributed by atoms with Gasteiger partial charge in [-0.2, -0.15) is 0 Å². The number of ether oxygens (including phenoxy) is 1. The van der Waals surface area contributed by atoms with E-state index in [2.05, 4.69) is 4.98 Å². The molecule has 0 saturated heterocycles. The van der Waals surface area contributed by atoms with E-state index in [-0.39, 0.29) is 12.4 Å². The van der Waals surface area contributed by atoms with Gasteiger partial charge < -0.3 is 10.5 Å². The fourth-order valence-corrected chi connectivity index (χ4v) is 2.04. The van der Waals surface area contributed by atoms with E-state index >= 15 is 0 Å². The van der Waals surface area contributed by atoms with Gasteiger partial charge in [-0.1, -0.05) is 18.2 Å². The molecule has 0 amide bonds. The zero-order valence-corrected chi connectivity index (χ0v) is 10.7.